The molecule has 0 atom stereocenters. The molecule has 1 aromatic heterocycles. The monoisotopic (exact) mass is 787 g/mol. The first-order valence-corrected chi connectivity index (χ1v) is 13.9. The molecule has 0 bridgehead atoms. The van der Waals surface area contributed by atoms with Crippen molar-refractivity contribution in [3.8, 4) is 11.5 Å². The molecule has 0 saturated carbocycles. The summed E-state index contributed by atoms with van der Waals surface area (Å²) in [5.74, 6) is 0.321. The molecule has 0 unspecified atom stereocenters. The second kappa shape index (κ2) is 12.7. The van der Waals surface area contributed by atoms with Gasteiger partial charge in [-0.05, 0) is 100 Å². The maximum Gasteiger partial charge on any atom is 0.307 e. The van der Waals surface area contributed by atoms with Crippen molar-refractivity contribution in [3.05, 3.63) is 83.6 Å². The first kappa shape index (κ1) is 27.4. The van der Waals surface area contributed by atoms with Crippen LogP contribution in [0.5, 0.6) is 11.5 Å². The number of carbonyl (C=O) groups excluding carboxylic acids is 2. The molecule has 37 heavy (non-hydrogen) atoms. The molecule has 1 heterocycles. The van der Waals surface area contributed by atoms with E-state index in [1.165, 1.54) is 6.21 Å². The summed E-state index contributed by atoms with van der Waals surface area (Å²) in [6.07, 6.45) is 1.50. The number of hydrogen-bond donors (Lipinski definition) is 2. The third-order valence-electron chi connectivity index (χ3n) is 4.88. The van der Waals surface area contributed by atoms with Gasteiger partial charge >= 0.3 is 5.91 Å². The number of nitrogens with one attached hydrogen (secondary N) is 2. The lowest BCUT2D eigenvalue weighted by Gasteiger charge is -2.14. The zero-order valence-corrected chi connectivity index (χ0v) is 25.3. The molecule has 0 saturated heterocycles. The van der Waals surface area contributed by atoms with Crippen molar-refractivity contribution in [3.63, 3.8) is 0 Å². The number of furan rings is 1. The first-order chi connectivity index (χ1) is 17.8. The van der Waals surface area contributed by atoms with E-state index >= 15 is 0 Å². The number of amides is 2. The molecule has 0 aliphatic heterocycles. The highest BCUT2D eigenvalue weighted by molar-refractivity contribution is 14.1. The minimum atomic E-state index is -0.469. The Labute approximate surface area is 248 Å². The molecule has 190 valence electrons. The van der Waals surface area contributed by atoms with Gasteiger partial charge in [-0.25, -0.2) is 5.43 Å². The summed E-state index contributed by atoms with van der Waals surface area (Å²) in [5, 5.41) is 7.66. The maximum atomic E-state index is 12.6. The number of fused-ring (bicyclic) bond motifs is 1. The number of benzene rings is 3. The van der Waals surface area contributed by atoms with Crippen LogP contribution in [0, 0.1) is 7.14 Å². The van der Waals surface area contributed by atoms with Crippen molar-refractivity contribution in [2.45, 2.75) is 6.92 Å². The Morgan fingerprint density at radius 1 is 1.05 bits per heavy atom. The largest absolute Gasteiger partial charge is 0.490 e. The van der Waals surface area contributed by atoms with E-state index in [2.05, 4.69) is 77.0 Å². The lowest BCUT2D eigenvalue weighted by molar-refractivity contribution is -0.118. The van der Waals surface area contributed by atoms with Crippen LogP contribution in [0.1, 0.15) is 23.0 Å². The quantitative estimate of drug-likeness (QED) is 0.113. The Bertz CT molecular complexity index is 1470. The number of halogens is 3. The van der Waals surface area contributed by atoms with Gasteiger partial charge in [0.2, 0.25) is 0 Å². The predicted molar refractivity (Wildman–Crippen MR) is 163 cm³/mol. The summed E-state index contributed by atoms with van der Waals surface area (Å²) in [4.78, 5) is 24.9. The van der Waals surface area contributed by atoms with Gasteiger partial charge in [0, 0.05) is 15.5 Å². The number of anilines is 1. The summed E-state index contributed by atoms with van der Waals surface area (Å²) in [7, 11) is 0. The van der Waals surface area contributed by atoms with Gasteiger partial charge in [-0.3, -0.25) is 9.59 Å². The minimum absolute atomic E-state index is 0.158. The molecule has 0 fully saturated rings. The molecule has 0 spiro atoms. The van der Waals surface area contributed by atoms with E-state index in [0.29, 0.717) is 34.9 Å². The van der Waals surface area contributed by atoms with E-state index in [9.17, 15) is 9.59 Å². The van der Waals surface area contributed by atoms with Crippen molar-refractivity contribution < 1.29 is 23.5 Å². The molecule has 0 aliphatic rings. The molecule has 3 aromatic carbocycles. The SMILES string of the molecule is CCOc1cc(/C=N\NC(=O)c2cc3cc(Br)cc(I)c3o2)cc(I)c1OCC(=O)Nc1ccccc1. The van der Waals surface area contributed by atoms with Crippen molar-refractivity contribution in [1.29, 1.82) is 0 Å². The van der Waals surface area contributed by atoms with E-state index in [1.54, 1.807) is 24.3 Å². The van der Waals surface area contributed by atoms with Gasteiger partial charge in [0.1, 0.15) is 5.58 Å². The predicted octanol–water partition coefficient (Wildman–Crippen LogP) is 6.58. The molecule has 11 heteroatoms. The second-order valence-electron chi connectivity index (χ2n) is 7.58. The second-order valence-corrected chi connectivity index (χ2v) is 10.8. The Morgan fingerprint density at radius 2 is 1.84 bits per heavy atom. The molecular formula is C26H20BrI2N3O5. The van der Waals surface area contributed by atoms with Crippen LogP contribution in [0.4, 0.5) is 5.69 Å². The molecule has 2 N–H and O–H groups in total. The van der Waals surface area contributed by atoms with Gasteiger partial charge in [-0.15, -0.1) is 0 Å². The number of carbonyl (C=O) groups is 2. The lowest BCUT2D eigenvalue weighted by atomic mass is 10.2. The van der Waals surface area contributed by atoms with Crippen LogP contribution in [0.15, 0.2) is 74.7 Å². The van der Waals surface area contributed by atoms with E-state index in [-0.39, 0.29) is 18.3 Å². The third kappa shape index (κ3) is 7.23. The van der Waals surface area contributed by atoms with Crippen LogP contribution >= 0.6 is 61.1 Å². The van der Waals surface area contributed by atoms with Crippen LogP contribution in [-0.4, -0.2) is 31.2 Å². The van der Waals surface area contributed by atoms with Crippen molar-refractivity contribution in [1.82, 2.24) is 5.43 Å². The normalized spacial score (nSPS) is 11.0. The smallest absolute Gasteiger partial charge is 0.307 e. The standard InChI is InChI=1S/C26H20BrI2N3O5/c1-2-35-21-9-15(8-19(28)25(21)36-14-23(33)31-18-6-4-3-5-7-18)13-30-32-26(34)22-11-16-10-17(27)12-20(29)24(16)37-22/h3-13H,2,14H2,1H3,(H,31,33)(H,32,34)/b30-13-. The fourth-order valence-electron chi connectivity index (χ4n) is 3.33. The highest BCUT2D eigenvalue weighted by Crippen LogP contribution is 2.34. The molecule has 4 rings (SSSR count). The van der Waals surface area contributed by atoms with Gasteiger partial charge in [0.25, 0.3) is 5.91 Å². The Kier molecular flexibility index (Phi) is 9.43. The topological polar surface area (TPSA) is 102 Å². The highest BCUT2D eigenvalue weighted by atomic mass is 127. The number of nitrogens with zero attached hydrogens (tertiary/aromatic N) is 1. The van der Waals surface area contributed by atoms with Gasteiger partial charge in [0.15, 0.2) is 23.9 Å². The zero-order chi connectivity index (χ0) is 26.4. The fraction of sp³-hybridized carbons (Fsp3) is 0.115. The van der Waals surface area contributed by atoms with Crippen LogP contribution in [-0.2, 0) is 4.79 Å². The summed E-state index contributed by atoms with van der Waals surface area (Å²) in [6, 6.07) is 18.2. The Hall–Kier alpha value is -2.65. The van der Waals surface area contributed by atoms with Crippen molar-refractivity contribution >= 4 is 95.8 Å². The summed E-state index contributed by atoms with van der Waals surface area (Å²) in [6.45, 7) is 2.08. The van der Waals surface area contributed by atoms with Gasteiger partial charge in [-0.1, -0.05) is 34.1 Å². The molecule has 0 radical (unpaired) electrons. The van der Waals surface area contributed by atoms with Gasteiger partial charge in [0.05, 0.1) is 20.0 Å². The Balaban J connectivity index is 1.43. The van der Waals surface area contributed by atoms with Crippen LogP contribution in [0.3, 0.4) is 0 Å². The lowest BCUT2D eigenvalue weighted by Crippen LogP contribution is -2.20. The van der Waals surface area contributed by atoms with Crippen LogP contribution in [0.2, 0.25) is 0 Å². The number of hydrazone groups is 1. The van der Waals surface area contributed by atoms with Crippen molar-refractivity contribution in [2.75, 3.05) is 18.5 Å². The zero-order valence-electron chi connectivity index (χ0n) is 19.4. The number of ether oxygens (including phenoxy) is 2. The molecule has 8 nitrogen and oxygen atoms in total. The summed E-state index contributed by atoms with van der Waals surface area (Å²) in [5.41, 5.74) is 4.49. The number of rotatable bonds is 9. The summed E-state index contributed by atoms with van der Waals surface area (Å²) < 4.78 is 19.7. The highest BCUT2D eigenvalue weighted by Gasteiger charge is 2.16. The Morgan fingerprint density at radius 3 is 2.59 bits per heavy atom. The van der Waals surface area contributed by atoms with E-state index in [1.807, 2.05) is 43.3 Å². The maximum absolute atomic E-state index is 12.6. The van der Waals surface area contributed by atoms with Crippen molar-refractivity contribution in [2.24, 2.45) is 5.10 Å². The molecule has 4 aromatic rings. The molecule has 0 aliphatic carbocycles. The van der Waals surface area contributed by atoms with Gasteiger partial charge in [-0.2, -0.15) is 5.10 Å². The average molecular weight is 788 g/mol. The van der Waals surface area contributed by atoms with Gasteiger partial charge < -0.3 is 19.2 Å². The number of para-hydroxylation sites is 1. The van der Waals surface area contributed by atoms with E-state index in [4.69, 9.17) is 13.9 Å². The molecular weight excluding hydrogens is 768 g/mol. The van der Waals surface area contributed by atoms with Crippen LogP contribution < -0.4 is 20.2 Å². The third-order valence-corrected chi connectivity index (χ3v) is 6.94. The van der Waals surface area contributed by atoms with E-state index < -0.39 is 5.91 Å². The number of hydrogen-bond acceptors (Lipinski definition) is 6. The van der Waals surface area contributed by atoms with E-state index in [0.717, 1.165) is 17.0 Å². The fourth-order valence-corrected chi connectivity index (χ4v) is 5.77. The molecule has 2 amide bonds. The summed E-state index contributed by atoms with van der Waals surface area (Å²) >= 11 is 7.71. The minimum Gasteiger partial charge on any atom is -0.490 e. The van der Waals surface area contributed by atoms with Crippen LogP contribution in [0.25, 0.3) is 11.0 Å². The average Bonchev–Trinajstić information content (AvgIpc) is 3.29. The first-order valence-electron chi connectivity index (χ1n) is 11.0.